The van der Waals surface area contributed by atoms with E-state index in [-0.39, 0.29) is 5.41 Å². The van der Waals surface area contributed by atoms with Crippen LogP contribution in [0.15, 0.2) is 213 Å². The van der Waals surface area contributed by atoms with Gasteiger partial charge in [0.05, 0.1) is 29.1 Å². The lowest BCUT2D eigenvalue weighted by atomic mass is 9.82. The van der Waals surface area contributed by atoms with Gasteiger partial charge in [-0.15, -0.1) is 0 Å². The minimum Gasteiger partial charge on any atom is -0.309 e. The van der Waals surface area contributed by atoms with Crippen LogP contribution in [-0.2, 0) is 5.41 Å². The third kappa shape index (κ3) is 6.56. The lowest BCUT2D eigenvalue weighted by Crippen LogP contribution is -2.15. The van der Waals surface area contributed by atoms with Crippen LogP contribution >= 0.6 is 0 Å². The summed E-state index contributed by atoms with van der Waals surface area (Å²) in [6, 6.07) is 70.2. The molecule has 12 rings (SSSR count). The van der Waals surface area contributed by atoms with Crippen LogP contribution in [0.2, 0.25) is 0 Å². The molecule has 0 atom stereocenters. The van der Waals surface area contributed by atoms with E-state index in [9.17, 15) is 0 Å². The summed E-state index contributed by atoms with van der Waals surface area (Å²) in [7, 11) is 0. The fraction of sp³-hybridized carbons (Fsp3) is 0.0517. The number of anilines is 3. The predicted molar refractivity (Wildman–Crippen MR) is 264 cm³/mol. The molecule has 7 nitrogen and oxygen atoms in total. The molecule has 1 aliphatic rings. The summed E-state index contributed by atoms with van der Waals surface area (Å²) in [6.07, 6.45) is 3.71. The van der Waals surface area contributed by atoms with Crippen LogP contribution in [0.4, 0.5) is 17.1 Å². The van der Waals surface area contributed by atoms with Gasteiger partial charge in [0.25, 0.3) is 0 Å². The maximum absolute atomic E-state index is 4.94. The van der Waals surface area contributed by atoms with Crippen molar-refractivity contribution >= 4 is 38.9 Å². The number of nitrogens with zero attached hydrogens (tertiary/aromatic N) is 7. The van der Waals surface area contributed by atoms with Crippen LogP contribution in [0.3, 0.4) is 0 Å². The molecule has 0 bridgehead atoms. The highest BCUT2D eigenvalue weighted by Gasteiger charge is 2.36. The minimum absolute atomic E-state index is 0.116. The first-order valence-electron chi connectivity index (χ1n) is 21.9. The van der Waals surface area contributed by atoms with Crippen LogP contribution in [-0.4, -0.2) is 29.5 Å². The van der Waals surface area contributed by atoms with Crippen molar-refractivity contribution in [3.63, 3.8) is 0 Å². The second-order valence-electron chi connectivity index (χ2n) is 17.0. The Kier molecular flexibility index (Phi) is 9.02. The highest BCUT2D eigenvalue weighted by Crippen LogP contribution is 2.51. The van der Waals surface area contributed by atoms with Gasteiger partial charge in [0, 0.05) is 44.4 Å². The Morgan fingerprint density at radius 1 is 0.385 bits per heavy atom. The molecule has 0 saturated heterocycles. The van der Waals surface area contributed by atoms with Gasteiger partial charge in [-0.25, -0.2) is 24.9 Å². The summed E-state index contributed by atoms with van der Waals surface area (Å²) in [4.78, 5) is 26.7. The van der Waals surface area contributed by atoms with E-state index in [0.29, 0.717) is 23.3 Å². The van der Waals surface area contributed by atoms with E-state index in [2.05, 4.69) is 157 Å². The van der Waals surface area contributed by atoms with E-state index in [1.54, 1.807) is 0 Å². The van der Waals surface area contributed by atoms with E-state index in [1.807, 2.05) is 79.1 Å². The molecule has 0 amide bonds. The second kappa shape index (κ2) is 15.4. The van der Waals surface area contributed by atoms with Gasteiger partial charge in [-0.1, -0.05) is 159 Å². The molecular weight excluding hydrogens is 795 g/mol. The minimum atomic E-state index is -0.116. The third-order valence-corrected chi connectivity index (χ3v) is 12.7. The fourth-order valence-corrected chi connectivity index (χ4v) is 9.56. The average molecular weight is 836 g/mol. The molecular formula is C58H41N7. The van der Waals surface area contributed by atoms with Crippen molar-refractivity contribution in [3.05, 3.63) is 224 Å². The molecule has 0 saturated carbocycles. The van der Waals surface area contributed by atoms with E-state index in [1.165, 1.54) is 44.1 Å². The third-order valence-electron chi connectivity index (χ3n) is 12.7. The van der Waals surface area contributed by atoms with E-state index < -0.39 is 0 Å². The molecule has 3 heterocycles. The zero-order valence-electron chi connectivity index (χ0n) is 35.8. The van der Waals surface area contributed by atoms with E-state index in [4.69, 9.17) is 24.9 Å². The first kappa shape index (κ1) is 38.2. The molecule has 1 aliphatic carbocycles. The number of benzene rings is 8. The Morgan fingerprint density at radius 3 is 1.66 bits per heavy atom. The number of hydrogen-bond acceptors (Lipinski definition) is 6. The predicted octanol–water partition coefficient (Wildman–Crippen LogP) is 14.2. The number of para-hydroxylation sites is 1. The van der Waals surface area contributed by atoms with Crippen LogP contribution in [0, 0.1) is 0 Å². The van der Waals surface area contributed by atoms with Crippen molar-refractivity contribution < 1.29 is 0 Å². The van der Waals surface area contributed by atoms with Crippen molar-refractivity contribution in [1.82, 2.24) is 29.5 Å². The van der Waals surface area contributed by atoms with E-state index in [0.717, 1.165) is 45.0 Å². The first-order chi connectivity index (χ1) is 32.0. The molecule has 0 spiro atoms. The maximum atomic E-state index is 4.94. The summed E-state index contributed by atoms with van der Waals surface area (Å²) in [5.74, 6) is 1.92. The van der Waals surface area contributed by atoms with Gasteiger partial charge in [0.1, 0.15) is 0 Å². The van der Waals surface area contributed by atoms with Gasteiger partial charge >= 0.3 is 0 Å². The fourth-order valence-electron chi connectivity index (χ4n) is 9.56. The smallest absolute Gasteiger partial charge is 0.201 e. The van der Waals surface area contributed by atoms with Crippen molar-refractivity contribution in [1.29, 1.82) is 0 Å². The largest absolute Gasteiger partial charge is 0.309 e. The summed E-state index contributed by atoms with van der Waals surface area (Å²) < 4.78 is 2.41. The summed E-state index contributed by atoms with van der Waals surface area (Å²) in [6.45, 7) is 4.69. The lowest BCUT2D eigenvalue weighted by molar-refractivity contribution is 0.661. The molecule has 3 aromatic heterocycles. The highest BCUT2D eigenvalue weighted by molar-refractivity contribution is 6.11. The first-order valence-corrected chi connectivity index (χ1v) is 21.9. The molecule has 0 fully saturated rings. The molecule has 7 heteroatoms. The maximum Gasteiger partial charge on any atom is 0.201 e. The van der Waals surface area contributed by atoms with Gasteiger partial charge in [-0.3, -0.25) is 0 Å². The standard InChI is InChI=1S/C58H41N7/c1-58(2)50-27-14-12-25-46(50)48-34-49-47-26-13-15-28-52(47)65(53(49)35-51(48)58)43-31-29-42(30-32-43)64(44-24-16-23-41(33-44)38-17-6-3-7-18-38)45-36-59-56(60-37-45)57-62-54(39-19-8-4-9-20-39)61-55(63-57)40-21-10-5-11-22-40/h3-37H,1-2H3. The second-order valence-corrected chi connectivity index (χ2v) is 17.0. The Labute approximate surface area is 377 Å². The molecule has 308 valence electrons. The zero-order chi connectivity index (χ0) is 43.5. The van der Waals surface area contributed by atoms with Crippen molar-refractivity contribution in [3.8, 4) is 62.4 Å². The van der Waals surface area contributed by atoms with E-state index >= 15 is 0 Å². The monoisotopic (exact) mass is 835 g/mol. The van der Waals surface area contributed by atoms with Crippen molar-refractivity contribution in [2.24, 2.45) is 0 Å². The molecule has 0 aliphatic heterocycles. The highest BCUT2D eigenvalue weighted by atomic mass is 15.2. The van der Waals surface area contributed by atoms with Gasteiger partial charge in [0.15, 0.2) is 17.5 Å². The molecule has 0 unspecified atom stereocenters. The SMILES string of the molecule is CC1(C)c2ccccc2-c2cc3c4ccccc4n(-c4ccc(N(c5cnc(-c6nc(-c7ccccc7)nc(-c7ccccc7)n6)nc5)c5cccc(-c6ccccc6)c5)cc4)c3cc21. The number of fused-ring (bicyclic) bond motifs is 6. The molecule has 11 aromatic rings. The molecule has 0 radical (unpaired) electrons. The summed E-state index contributed by atoms with van der Waals surface area (Å²) in [5.41, 5.74) is 15.5. The quantitative estimate of drug-likeness (QED) is 0.152. The van der Waals surface area contributed by atoms with Crippen LogP contribution in [0.5, 0.6) is 0 Å². The van der Waals surface area contributed by atoms with Gasteiger partial charge in [-0.05, 0) is 88.0 Å². The van der Waals surface area contributed by atoms with Crippen LogP contribution < -0.4 is 4.90 Å². The Morgan fingerprint density at radius 2 is 0.969 bits per heavy atom. The van der Waals surface area contributed by atoms with Crippen LogP contribution in [0.1, 0.15) is 25.0 Å². The average Bonchev–Trinajstić information content (AvgIpc) is 3.82. The number of rotatable bonds is 8. The Bertz CT molecular complexity index is 3490. The van der Waals surface area contributed by atoms with Crippen molar-refractivity contribution in [2.45, 2.75) is 19.3 Å². The number of aromatic nitrogens is 6. The Hall–Kier alpha value is -8.55. The molecule has 8 aromatic carbocycles. The molecule has 65 heavy (non-hydrogen) atoms. The molecule has 0 N–H and O–H groups in total. The van der Waals surface area contributed by atoms with Gasteiger partial charge in [-0.2, -0.15) is 0 Å². The zero-order valence-corrected chi connectivity index (χ0v) is 35.8. The number of hydrogen-bond donors (Lipinski definition) is 0. The normalized spacial score (nSPS) is 12.6. The Balaban J connectivity index is 0.973. The van der Waals surface area contributed by atoms with Crippen molar-refractivity contribution in [2.75, 3.05) is 4.90 Å². The van der Waals surface area contributed by atoms with Crippen LogP contribution in [0.25, 0.3) is 84.2 Å². The van der Waals surface area contributed by atoms with Gasteiger partial charge in [0.2, 0.25) is 5.82 Å². The summed E-state index contributed by atoms with van der Waals surface area (Å²) >= 11 is 0. The summed E-state index contributed by atoms with van der Waals surface area (Å²) in [5, 5.41) is 2.48. The topological polar surface area (TPSA) is 72.6 Å². The lowest BCUT2D eigenvalue weighted by Gasteiger charge is -2.26. The van der Waals surface area contributed by atoms with Gasteiger partial charge < -0.3 is 9.47 Å².